The molecule has 1 heterocycles. The number of fused-ring (bicyclic) bond motifs is 1. The number of rotatable bonds is 1. The van der Waals surface area contributed by atoms with Crippen molar-refractivity contribution < 1.29 is 13.2 Å². The number of aromatic nitrogens is 1. The Morgan fingerprint density at radius 1 is 1.14 bits per heavy atom. The highest BCUT2D eigenvalue weighted by molar-refractivity contribution is 5.84. The van der Waals surface area contributed by atoms with Gasteiger partial charge in [-0.2, -0.15) is 13.2 Å². The second-order valence-electron chi connectivity index (χ2n) is 5.52. The Kier molecular flexibility index (Phi) is 3.19. The minimum atomic E-state index is -4.57. The summed E-state index contributed by atoms with van der Waals surface area (Å²) in [5, 5.41) is -0.0358. The van der Waals surface area contributed by atoms with Crippen LogP contribution in [-0.2, 0) is 6.18 Å². The quantitative estimate of drug-likeness (QED) is 0.820. The van der Waals surface area contributed by atoms with Crippen LogP contribution in [0.3, 0.4) is 0 Å². The minimum absolute atomic E-state index is 0.0358. The molecule has 0 amide bonds. The van der Waals surface area contributed by atoms with Gasteiger partial charge in [0.2, 0.25) is 0 Å². The van der Waals surface area contributed by atoms with E-state index in [1.54, 1.807) is 12.1 Å². The highest BCUT2D eigenvalue weighted by atomic mass is 19.4. The van der Waals surface area contributed by atoms with Crippen LogP contribution in [0.4, 0.5) is 13.2 Å². The van der Waals surface area contributed by atoms with E-state index >= 15 is 0 Å². The van der Waals surface area contributed by atoms with E-state index in [0.29, 0.717) is 12.0 Å². The standard InChI is InChI=1S/C15H15F3N2O/c16-15(17,18)12-8-14(21)20(19)13-7-10(5-6-11(12)13)9-3-1-2-4-9/h5-9H,1-4,19H2. The third-order valence-electron chi connectivity index (χ3n) is 4.21. The van der Waals surface area contributed by atoms with E-state index < -0.39 is 17.3 Å². The molecule has 21 heavy (non-hydrogen) atoms. The third-order valence-corrected chi connectivity index (χ3v) is 4.21. The third kappa shape index (κ3) is 2.39. The molecule has 1 aliphatic carbocycles. The largest absolute Gasteiger partial charge is 0.417 e. The topological polar surface area (TPSA) is 48.0 Å². The maximum atomic E-state index is 13.0. The molecule has 1 aromatic carbocycles. The number of nitrogens with two attached hydrogens (primary N) is 1. The van der Waals surface area contributed by atoms with Crippen molar-refractivity contribution in [1.29, 1.82) is 0 Å². The number of nitrogen functional groups attached to an aromatic ring is 1. The van der Waals surface area contributed by atoms with Gasteiger partial charge in [0.05, 0.1) is 11.1 Å². The minimum Gasteiger partial charge on any atom is -0.336 e. The molecule has 2 aromatic rings. The Morgan fingerprint density at radius 2 is 1.81 bits per heavy atom. The molecular weight excluding hydrogens is 281 g/mol. The second-order valence-corrected chi connectivity index (χ2v) is 5.52. The van der Waals surface area contributed by atoms with Crippen molar-refractivity contribution in [3.05, 3.63) is 45.7 Å². The van der Waals surface area contributed by atoms with E-state index in [1.165, 1.54) is 6.07 Å². The normalized spacial score (nSPS) is 16.7. The maximum absolute atomic E-state index is 13.0. The van der Waals surface area contributed by atoms with E-state index in [-0.39, 0.29) is 10.9 Å². The number of alkyl halides is 3. The van der Waals surface area contributed by atoms with Gasteiger partial charge in [-0.3, -0.25) is 4.79 Å². The van der Waals surface area contributed by atoms with Crippen LogP contribution in [0.15, 0.2) is 29.1 Å². The van der Waals surface area contributed by atoms with Crippen LogP contribution in [0, 0.1) is 0 Å². The number of hydrogen-bond donors (Lipinski definition) is 1. The lowest BCUT2D eigenvalue weighted by Gasteiger charge is -2.15. The molecule has 112 valence electrons. The highest BCUT2D eigenvalue weighted by Crippen LogP contribution is 2.37. The molecule has 6 heteroatoms. The van der Waals surface area contributed by atoms with Crippen molar-refractivity contribution in [1.82, 2.24) is 4.68 Å². The van der Waals surface area contributed by atoms with Crippen LogP contribution in [0.2, 0.25) is 0 Å². The van der Waals surface area contributed by atoms with Gasteiger partial charge in [0.15, 0.2) is 0 Å². The van der Waals surface area contributed by atoms with E-state index in [4.69, 9.17) is 5.84 Å². The van der Waals surface area contributed by atoms with Gasteiger partial charge in [0.25, 0.3) is 5.56 Å². The summed E-state index contributed by atoms with van der Waals surface area (Å²) in [5.74, 6) is 5.98. The van der Waals surface area contributed by atoms with Crippen LogP contribution in [0.5, 0.6) is 0 Å². The molecule has 1 fully saturated rings. The molecule has 0 atom stereocenters. The molecule has 0 bridgehead atoms. The monoisotopic (exact) mass is 296 g/mol. The van der Waals surface area contributed by atoms with Gasteiger partial charge in [-0.1, -0.05) is 25.0 Å². The molecule has 1 aliphatic rings. The summed E-state index contributed by atoms with van der Waals surface area (Å²) >= 11 is 0. The SMILES string of the molecule is Nn1c(=O)cc(C(F)(F)F)c2ccc(C3CCCC3)cc21. The lowest BCUT2D eigenvalue weighted by Crippen LogP contribution is -2.29. The Morgan fingerprint density at radius 3 is 2.43 bits per heavy atom. The molecule has 1 aromatic heterocycles. The predicted molar refractivity (Wildman–Crippen MR) is 74.6 cm³/mol. The van der Waals surface area contributed by atoms with Gasteiger partial charge in [0.1, 0.15) is 0 Å². The van der Waals surface area contributed by atoms with E-state index in [1.807, 2.05) is 0 Å². The van der Waals surface area contributed by atoms with Crippen LogP contribution in [0.25, 0.3) is 10.9 Å². The summed E-state index contributed by atoms with van der Waals surface area (Å²) in [6, 6.07) is 5.33. The molecule has 3 nitrogen and oxygen atoms in total. The summed E-state index contributed by atoms with van der Waals surface area (Å²) in [4.78, 5) is 11.7. The molecule has 2 N–H and O–H groups in total. The van der Waals surface area contributed by atoms with Crippen molar-refractivity contribution in [2.24, 2.45) is 0 Å². The zero-order valence-electron chi connectivity index (χ0n) is 11.3. The van der Waals surface area contributed by atoms with Gasteiger partial charge < -0.3 is 5.84 Å². The van der Waals surface area contributed by atoms with Crippen LogP contribution in [0.1, 0.15) is 42.7 Å². The maximum Gasteiger partial charge on any atom is 0.417 e. The predicted octanol–water partition coefficient (Wildman–Crippen LogP) is 3.39. The van der Waals surface area contributed by atoms with Crippen molar-refractivity contribution >= 4 is 10.9 Å². The molecule has 0 radical (unpaired) electrons. The van der Waals surface area contributed by atoms with Gasteiger partial charge in [0, 0.05) is 11.5 Å². The lowest BCUT2D eigenvalue weighted by atomic mass is 9.95. The average molecular weight is 296 g/mol. The highest BCUT2D eigenvalue weighted by Gasteiger charge is 2.34. The van der Waals surface area contributed by atoms with Crippen molar-refractivity contribution in [3.63, 3.8) is 0 Å². The molecule has 1 saturated carbocycles. The Labute approximate surface area is 119 Å². The number of benzene rings is 1. The van der Waals surface area contributed by atoms with Crippen molar-refractivity contribution in [3.8, 4) is 0 Å². The van der Waals surface area contributed by atoms with Crippen LogP contribution >= 0.6 is 0 Å². The van der Waals surface area contributed by atoms with Gasteiger partial charge >= 0.3 is 6.18 Å². The first-order valence-electron chi connectivity index (χ1n) is 6.90. The summed E-state index contributed by atoms with van der Waals surface area (Å²) < 4.78 is 39.9. The smallest absolute Gasteiger partial charge is 0.336 e. The Hall–Kier alpha value is -1.98. The summed E-state index contributed by atoms with van der Waals surface area (Å²) in [6.07, 6.45) is -0.263. The van der Waals surface area contributed by atoms with E-state index in [0.717, 1.165) is 35.9 Å². The van der Waals surface area contributed by atoms with E-state index in [2.05, 4.69) is 0 Å². The summed E-state index contributed by atoms with van der Waals surface area (Å²) in [6.45, 7) is 0. The first-order chi connectivity index (χ1) is 9.88. The molecule has 0 unspecified atom stereocenters. The molecule has 0 spiro atoms. The summed E-state index contributed by atoms with van der Waals surface area (Å²) in [5.41, 5.74) is -0.683. The van der Waals surface area contributed by atoms with Gasteiger partial charge in [-0.05, 0) is 30.4 Å². The first kappa shape index (κ1) is 14.0. The average Bonchev–Trinajstić information content (AvgIpc) is 2.95. The van der Waals surface area contributed by atoms with Crippen LogP contribution in [-0.4, -0.2) is 4.68 Å². The molecule has 0 aliphatic heterocycles. The molecule has 3 rings (SSSR count). The fraction of sp³-hybridized carbons (Fsp3) is 0.400. The van der Waals surface area contributed by atoms with Gasteiger partial charge in [-0.25, -0.2) is 4.68 Å². The fourth-order valence-electron chi connectivity index (χ4n) is 3.11. The number of hydrogen-bond acceptors (Lipinski definition) is 2. The lowest BCUT2D eigenvalue weighted by molar-refractivity contribution is -0.136. The van der Waals surface area contributed by atoms with Crippen LogP contribution < -0.4 is 11.4 Å². The molecule has 0 saturated heterocycles. The number of halogens is 3. The number of pyridine rings is 1. The Balaban J connectivity index is 2.25. The van der Waals surface area contributed by atoms with E-state index in [9.17, 15) is 18.0 Å². The summed E-state index contributed by atoms with van der Waals surface area (Å²) in [7, 11) is 0. The first-order valence-corrected chi connectivity index (χ1v) is 6.90. The number of nitrogens with zero attached hydrogens (tertiary/aromatic N) is 1. The van der Waals surface area contributed by atoms with Gasteiger partial charge in [-0.15, -0.1) is 0 Å². The van der Waals surface area contributed by atoms with Crippen molar-refractivity contribution in [2.75, 3.05) is 5.84 Å². The zero-order chi connectivity index (χ0) is 15.2. The second kappa shape index (κ2) is 4.79. The zero-order valence-corrected chi connectivity index (χ0v) is 11.3. The Bertz CT molecular complexity index is 743. The fourth-order valence-corrected chi connectivity index (χ4v) is 3.11. The van der Waals surface area contributed by atoms with Crippen molar-refractivity contribution in [2.45, 2.75) is 37.8 Å². The molecular formula is C15H15F3N2O.